The topological polar surface area (TPSA) is 26.3 Å². The number of benzene rings is 1. The standard InChI is InChI=1S/C37H64O2/c1-2-3-4-5-6-7-8-9-10-11-12-13-14-15-16-17-18-19-20-21-22-23-24-25-26-30-35-39-37(38)34-33-36-31-28-27-29-32-36/h27-29,31-34H,2-26,30,35H2,1H3/b34-33+. The summed E-state index contributed by atoms with van der Waals surface area (Å²) in [5.74, 6) is -0.238. The van der Waals surface area contributed by atoms with Crippen molar-refractivity contribution in [3.8, 4) is 0 Å². The summed E-state index contributed by atoms with van der Waals surface area (Å²) in [6.45, 7) is 2.84. The summed E-state index contributed by atoms with van der Waals surface area (Å²) >= 11 is 0. The normalized spacial score (nSPS) is 11.4. The van der Waals surface area contributed by atoms with Crippen LogP contribution in [0.5, 0.6) is 0 Å². The van der Waals surface area contributed by atoms with Crippen molar-refractivity contribution < 1.29 is 9.53 Å². The second kappa shape index (κ2) is 29.4. The SMILES string of the molecule is CCCCCCCCCCCCCCCCCCCCCCCCCCCCOC(=O)/C=C/c1ccccc1. The van der Waals surface area contributed by atoms with Crippen molar-refractivity contribution in [2.45, 2.75) is 174 Å². The molecule has 1 rings (SSSR count). The number of unbranched alkanes of at least 4 members (excludes halogenated alkanes) is 25. The third kappa shape index (κ3) is 26.4. The van der Waals surface area contributed by atoms with E-state index < -0.39 is 0 Å². The predicted molar refractivity (Wildman–Crippen MR) is 172 cm³/mol. The lowest BCUT2D eigenvalue weighted by atomic mass is 10.0. The maximum Gasteiger partial charge on any atom is 0.330 e. The Morgan fingerprint density at radius 2 is 0.846 bits per heavy atom. The molecule has 0 N–H and O–H groups in total. The molecule has 0 bridgehead atoms. The molecular formula is C37H64O2. The number of carbonyl (C=O) groups excluding carboxylic acids is 1. The molecule has 0 aliphatic heterocycles. The molecule has 1 aromatic rings. The highest BCUT2D eigenvalue weighted by Crippen LogP contribution is 2.16. The quantitative estimate of drug-likeness (QED) is 0.0573. The van der Waals surface area contributed by atoms with Crippen molar-refractivity contribution in [1.82, 2.24) is 0 Å². The predicted octanol–water partition coefficient (Wildman–Crippen LogP) is 12.4. The average Bonchev–Trinajstić information content (AvgIpc) is 2.96. The summed E-state index contributed by atoms with van der Waals surface area (Å²) in [6.07, 6.45) is 39.8. The zero-order valence-electron chi connectivity index (χ0n) is 25.9. The van der Waals surface area contributed by atoms with Crippen LogP contribution >= 0.6 is 0 Å². The van der Waals surface area contributed by atoms with Gasteiger partial charge in [-0.05, 0) is 18.1 Å². The van der Waals surface area contributed by atoms with E-state index in [1.165, 1.54) is 160 Å². The summed E-state index contributed by atoms with van der Waals surface area (Å²) in [5.41, 5.74) is 1.02. The number of carbonyl (C=O) groups is 1. The maximum atomic E-state index is 11.7. The zero-order chi connectivity index (χ0) is 27.9. The van der Waals surface area contributed by atoms with Crippen molar-refractivity contribution in [1.29, 1.82) is 0 Å². The van der Waals surface area contributed by atoms with Gasteiger partial charge in [0.25, 0.3) is 0 Å². The van der Waals surface area contributed by atoms with E-state index in [2.05, 4.69) is 6.92 Å². The maximum absolute atomic E-state index is 11.7. The highest BCUT2D eigenvalue weighted by Gasteiger charge is 1.99. The Labute approximate surface area is 243 Å². The van der Waals surface area contributed by atoms with E-state index >= 15 is 0 Å². The van der Waals surface area contributed by atoms with Crippen molar-refractivity contribution in [2.24, 2.45) is 0 Å². The molecule has 0 atom stereocenters. The van der Waals surface area contributed by atoms with Gasteiger partial charge in [0.15, 0.2) is 0 Å². The lowest BCUT2D eigenvalue weighted by Crippen LogP contribution is -2.02. The fourth-order valence-electron chi connectivity index (χ4n) is 5.37. The van der Waals surface area contributed by atoms with Crippen molar-refractivity contribution in [2.75, 3.05) is 6.61 Å². The van der Waals surface area contributed by atoms with Gasteiger partial charge in [0.05, 0.1) is 6.61 Å². The molecule has 0 radical (unpaired) electrons. The number of hydrogen-bond acceptors (Lipinski definition) is 2. The van der Waals surface area contributed by atoms with Crippen LogP contribution in [0.25, 0.3) is 6.08 Å². The van der Waals surface area contributed by atoms with Crippen LogP contribution in [0.1, 0.15) is 179 Å². The van der Waals surface area contributed by atoms with Crippen LogP contribution in [0.2, 0.25) is 0 Å². The van der Waals surface area contributed by atoms with E-state index in [9.17, 15) is 4.79 Å². The molecule has 0 heterocycles. The molecule has 2 heteroatoms. The van der Waals surface area contributed by atoms with Gasteiger partial charge in [0.1, 0.15) is 0 Å². The lowest BCUT2D eigenvalue weighted by molar-refractivity contribution is -0.137. The Hall–Kier alpha value is -1.57. The summed E-state index contributed by atoms with van der Waals surface area (Å²) in [6, 6.07) is 9.86. The molecule has 0 fully saturated rings. The number of hydrogen-bond donors (Lipinski definition) is 0. The van der Waals surface area contributed by atoms with Gasteiger partial charge in [-0.3, -0.25) is 0 Å². The zero-order valence-corrected chi connectivity index (χ0v) is 25.9. The van der Waals surface area contributed by atoms with Crippen LogP contribution in [0, 0.1) is 0 Å². The minimum atomic E-state index is -0.238. The van der Waals surface area contributed by atoms with Crippen LogP contribution in [0.15, 0.2) is 36.4 Å². The van der Waals surface area contributed by atoms with Gasteiger partial charge >= 0.3 is 5.97 Å². The first-order chi connectivity index (χ1) is 19.3. The van der Waals surface area contributed by atoms with E-state index in [4.69, 9.17) is 4.74 Å². The highest BCUT2D eigenvalue weighted by atomic mass is 16.5. The Bertz CT molecular complexity index is 651. The molecule has 2 nitrogen and oxygen atoms in total. The van der Waals surface area contributed by atoms with Crippen molar-refractivity contribution in [3.63, 3.8) is 0 Å². The summed E-state index contributed by atoms with van der Waals surface area (Å²) in [5, 5.41) is 0. The van der Waals surface area contributed by atoms with Crippen LogP contribution < -0.4 is 0 Å². The Morgan fingerprint density at radius 3 is 1.21 bits per heavy atom. The van der Waals surface area contributed by atoms with Crippen molar-refractivity contribution in [3.05, 3.63) is 42.0 Å². The van der Waals surface area contributed by atoms with E-state index in [0.29, 0.717) is 6.61 Å². The van der Waals surface area contributed by atoms with Gasteiger partial charge in [0.2, 0.25) is 0 Å². The molecule has 0 saturated heterocycles. The monoisotopic (exact) mass is 540 g/mol. The largest absolute Gasteiger partial charge is 0.463 e. The molecule has 1 aromatic carbocycles. The van der Waals surface area contributed by atoms with Gasteiger partial charge in [-0.2, -0.15) is 0 Å². The smallest absolute Gasteiger partial charge is 0.330 e. The van der Waals surface area contributed by atoms with Crippen LogP contribution in [0.4, 0.5) is 0 Å². The first-order valence-corrected chi connectivity index (χ1v) is 17.2. The second-order valence-corrected chi connectivity index (χ2v) is 11.8. The van der Waals surface area contributed by atoms with Gasteiger partial charge < -0.3 is 4.74 Å². The molecule has 0 aliphatic rings. The lowest BCUT2D eigenvalue weighted by Gasteiger charge is -2.05. The summed E-state index contributed by atoms with van der Waals surface area (Å²) in [4.78, 5) is 11.7. The molecule has 39 heavy (non-hydrogen) atoms. The first-order valence-electron chi connectivity index (χ1n) is 17.2. The van der Waals surface area contributed by atoms with Crippen molar-refractivity contribution >= 4 is 12.0 Å². The molecule has 224 valence electrons. The number of ether oxygens (including phenoxy) is 1. The van der Waals surface area contributed by atoms with E-state index in [0.717, 1.165) is 18.4 Å². The molecule has 0 spiro atoms. The molecule has 0 saturated carbocycles. The summed E-state index contributed by atoms with van der Waals surface area (Å²) < 4.78 is 5.29. The summed E-state index contributed by atoms with van der Waals surface area (Å²) in [7, 11) is 0. The first kappa shape index (κ1) is 35.5. The average molecular weight is 541 g/mol. The van der Waals surface area contributed by atoms with E-state index in [-0.39, 0.29) is 5.97 Å². The second-order valence-electron chi connectivity index (χ2n) is 11.8. The van der Waals surface area contributed by atoms with Crippen LogP contribution in [-0.4, -0.2) is 12.6 Å². The molecule has 0 aromatic heterocycles. The fraction of sp³-hybridized carbons (Fsp3) is 0.757. The Kier molecular flexibility index (Phi) is 26.7. The number of esters is 1. The Morgan fingerprint density at radius 1 is 0.513 bits per heavy atom. The van der Waals surface area contributed by atoms with Gasteiger partial charge in [0, 0.05) is 6.08 Å². The molecular weight excluding hydrogens is 476 g/mol. The van der Waals surface area contributed by atoms with E-state index in [1.54, 1.807) is 0 Å². The van der Waals surface area contributed by atoms with Gasteiger partial charge in [-0.15, -0.1) is 0 Å². The highest BCUT2D eigenvalue weighted by molar-refractivity contribution is 5.86. The minimum absolute atomic E-state index is 0.238. The molecule has 0 amide bonds. The third-order valence-corrected chi connectivity index (χ3v) is 7.95. The van der Waals surface area contributed by atoms with Gasteiger partial charge in [-0.25, -0.2) is 4.79 Å². The van der Waals surface area contributed by atoms with E-state index in [1.807, 2.05) is 36.4 Å². The van der Waals surface area contributed by atoms with Gasteiger partial charge in [-0.1, -0.05) is 198 Å². The third-order valence-electron chi connectivity index (χ3n) is 7.95. The Balaban J connectivity index is 1.68. The van der Waals surface area contributed by atoms with Crippen LogP contribution in [0.3, 0.4) is 0 Å². The minimum Gasteiger partial charge on any atom is -0.463 e. The molecule has 0 unspecified atom stereocenters. The fourth-order valence-corrected chi connectivity index (χ4v) is 5.37. The van der Waals surface area contributed by atoms with Crippen LogP contribution in [-0.2, 0) is 9.53 Å². The number of rotatable bonds is 29. The molecule has 0 aliphatic carbocycles.